The van der Waals surface area contributed by atoms with Crippen LogP contribution in [0.4, 0.5) is 0 Å². The summed E-state index contributed by atoms with van der Waals surface area (Å²) in [5.74, 6) is -0.512. The number of nitrogens with zero attached hydrogens (tertiary/aromatic N) is 5. The molecule has 42 heavy (non-hydrogen) atoms. The van der Waals surface area contributed by atoms with Gasteiger partial charge in [0.1, 0.15) is 0 Å². The number of pyridine rings is 1. The van der Waals surface area contributed by atoms with Crippen molar-refractivity contribution in [1.82, 2.24) is 34.5 Å². The smallest absolute Gasteiger partial charge is 0.326 e. The van der Waals surface area contributed by atoms with Crippen molar-refractivity contribution < 1.29 is 9.59 Å². The molecule has 0 spiro atoms. The average molecular weight is 590 g/mol. The second kappa shape index (κ2) is 11.1. The Morgan fingerprint density at radius 2 is 1.95 bits per heavy atom. The van der Waals surface area contributed by atoms with Crippen molar-refractivity contribution >= 4 is 34.3 Å². The van der Waals surface area contributed by atoms with Crippen LogP contribution in [0.2, 0.25) is 5.02 Å². The maximum absolute atomic E-state index is 13.9. The number of likely N-dealkylation sites (tertiary alicyclic amines) is 1. The van der Waals surface area contributed by atoms with Crippen molar-refractivity contribution in [2.75, 3.05) is 19.6 Å². The molecule has 3 aromatic heterocycles. The van der Waals surface area contributed by atoms with Crippen molar-refractivity contribution in [3.05, 3.63) is 69.5 Å². The Hall–Kier alpha value is -3.92. The molecular weight excluding hydrogens is 554 g/mol. The third-order valence-electron chi connectivity index (χ3n) is 8.35. The van der Waals surface area contributed by atoms with Crippen molar-refractivity contribution in [3.8, 4) is 11.4 Å². The van der Waals surface area contributed by atoms with E-state index in [1.54, 1.807) is 17.0 Å². The number of imidazole rings is 1. The molecule has 2 amide bonds. The fraction of sp³-hybridized carbons (Fsp3) is 0.452. The number of halogens is 1. The number of benzene rings is 1. The van der Waals surface area contributed by atoms with E-state index < -0.39 is 5.92 Å². The number of hydrogen-bond donors (Lipinski definition) is 2. The predicted octanol–water partition coefficient (Wildman–Crippen LogP) is 4.57. The molecule has 11 heteroatoms. The molecule has 220 valence electrons. The highest BCUT2D eigenvalue weighted by Crippen LogP contribution is 2.35. The first-order valence-electron chi connectivity index (χ1n) is 14.5. The summed E-state index contributed by atoms with van der Waals surface area (Å²) in [6.07, 6.45) is 7.20. The molecule has 0 unspecified atom stereocenters. The molecule has 0 bridgehead atoms. The van der Waals surface area contributed by atoms with E-state index in [2.05, 4.69) is 40.9 Å². The van der Waals surface area contributed by atoms with Gasteiger partial charge in [-0.2, -0.15) is 5.10 Å². The number of aromatic nitrogens is 5. The normalized spacial score (nSPS) is 18.4. The van der Waals surface area contributed by atoms with Gasteiger partial charge < -0.3 is 14.8 Å². The van der Waals surface area contributed by atoms with E-state index >= 15 is 0 Å². The first-order valence-corrected chi connectivity index (χ1v) is 14.9. The maximum atomic E-state index is 13.9. The summed E-state index contributed by atoms with van der Waals surface area (Å²) in [5.41, 5.74) is 3.91. The summed E-state index contributed by atoms with van der Waals surface area (Å²) in [6, 6.07) is 7.49. The molecular formula is C31H36ClN7O3. The van der Waals surface area contributed by atoms with Crippen molar-refractivity contribution in [3.63, 3.8) is 0 Å². The molecule has 4 aromatic rings. The number of nitrogens with one attached hydrogen (secondary N) is 2. The van der Waals surface area contributed by atoms with Gasteiger partial charge in [-0.25, -0.2) is 4.79 Å². The first kappa shape index (κ1) is 28.2. The monoisotopic (exact) mass is 589 g/mol. The summed E-state index contributed by atoms with van der Waals surface area (Å²) in [6.45, 7) is 8.44. The second-order valence-corrected chi connectivity index (χ2v) is 13.1. The van der Waals surface area contributed by atoms with Crippen molar-refractivity contribution in [1.29, 1.82) is 0 Å². The molecule has 0 saturated carbocycles. The SMILES string of the molecule is CC(C)(C)CN1Cc2c(cc(Cl)c3[nH]ncc23)C[C@@H](CC(=O)N2CCC(n3cc(-c4ccccn4)[nH]c3=O)CC2)C1=O. The van der Waals surface area contributed by atoms with Crippen molar-refractivity contribution in [2.45, 2.75) is 59.0 Å². The Balaban J connectivity index is 1.17. The van der Waals surface area contributed by atoms with Crippen LogP contribution in [0.3, 0.4) is 0 Å². The molecule has 2 aliphatic heterocycles. The minimum Gasteiger partial charge on any atom is -0.343 e. The number of fused-ring (bicyclic) bond motifs is 3. The lowest BCUT2D eigenvalue weighted by Crippen LogP contribution is -2.44. The van der Waals surface area contributed by atoms with E-state index in [1.165, 1.54) is 0 Å². The summed E-state index contributed by atoms with van der Waals surface area (Å²) in [7, 11) is 0. The lowest BCUT2D eigenvalue weighted by atomic mass is 9.92. The highest BCUT2D eigenvalue weighted by atomic mass is 35.5. The van der Waals surface area contributed by atoms with E-state index in [0.29, 0.717) is 61.9 Å². The Morgan fingerprint density at radius 1 is 1.17 bits per heavy atom. The minimum atomic E-state index is -0.479. The summed E-state index contributed by atoms with van der Waals surface area (Å²) in [5, 5.41) is 8.66. The zero-order chi connectivity index (χ0) is 29.6. The molecule has 1 atom stereocenters. The number of piperidine rings is 1. The molecule has 1 saturated heterocycles. The van der Waals surface area contributed by atoms with Crippen LogP contribution in [-0.4, -0.2) is 66.0 Å². The van der Waals surface area contributed by atoms with E-state index in [4.69, 9.17) is 11.6 Å². The van der Waals surface area contributed by atoms with Gasteiger partial charge in [0.15, 0.2) is 0 Å². The molecule has 6 rings (SSSR count). The first-order chi connectivity index (χ1) is 20.1. The lowest BCUT2D eigenvalue weighted by molar-refractivity contribution is -0.142. The molecule has 2 N–H and O–H groups in total. The van der Waals surface area contributed by atoms with Crippen LogP contribution in [0.5, 0.6) is 0 Å². The van der Waals surface area contributed by atoms with Gasteiger partial charge in [-0.05, 0) is 54.0 Å². The van der Waals surface area contributed by atoms with Crippen LogP contribution >= 0.6 is 11.6 Å². The topological polar surface area (TPSA) is 120 Å². The zero-order valence-corrected chi connectivity index (χ0v) is 24.9. The molecule has 2 aliphatic rings. The fourth-order valence-electron chi connectivity index (χ4n) is 6.36. The van der Waals surface area contributed by atoms with Gasteiger partial charge in [-0.3, -0.25) is 24.2 Å². The molecule has 10 nitrogen and oxygen atoms in total. The third-order valence-corrected chi connectivity index (χ3v) is 8.65. The number of carbonyl (C=O) groups is 2. The van der Waals surface area contributed by atoms with Crippen LogP contribution in [-0.2, 0) is 22.6 Å². The van der Waals surface area contributed by atoms with Gasteiger partial charge >= 0.3 is 5.69 Å². The number of hydrogen-bond acceptors (Lipinski definition) is 5. The van der Waals surface area contributed by atoms with Crippen LogP contribution < -0.4 is 5.69 Å². The van der Waals surface area contributed by atoms with Crippen molar-refractivity contribution in [2.24, 2.45) is 11.3 Å². The maximum Gasteiger partial charge on any atom is 0.326 e. The zero-order valence-electron chi connectivity index (χ0n) is 24.2. The number of rotatable bonds is 5. The summed E-state index contributed by atoms with van der Waals surface area (Å²) in [4.78, 5) is 51.2. The quantitative estimate of drug-likeness (QED) is 0.353. The molecule has 0 aliphatic carbocycles. The molecule has 1 fully saturated rings. The highest BCUT2D eigenvalue weighted by molar-refractivity contribution is 6.35. The minimum absolute atomic E-state index is 0.00180. The van der Waals surface area contributed by atoms with Gasteiger partial charge in [0.05, 0.1) is 34.0 Å². The molecule has 0 radical (unpaired) electrons. The Bertz CT molecular complexity index is 1680. The van der Waals surface area contributed by atoms with Gasteiger partial charge in [-0.1, -0.05) is 38.4 Å². The predicted molar refractivity (Wildman–Crippen MR) is 161 cm³/mol. The van der Waals surface area contributed by atoms with Crippen LogP contribution in [0.1, 0.15) is 57.2 Å². The van der Waals surface area contributed by atoms with Crippen LogP contribution in [0.15, 0.2) is 47.7 Å². The number of aromatic amines is 2. The van der Waals surface area contributed by atoms with Gasteiger partial charge in [0.2, 0.25) is 11.8 Å². The molecule has 5 heterocycles. The largest absolute Gasteiger partial charge is 0.343 e. The summed E-state index contributed by atoms with van der Waals surface area (Å²) >= 11 is 6.58. The molecule has 1 aromatic carbocycles. The number of H-pyrrole nitrogens is 2. The van der Waals surface area contributed by atoms with E-state index in [9.17, 15) is 14.4 Å². The van der Waals surface area contributed by atoms with Gasteiger partial charge in [0.25, 0.3) is 0 Å². The average Bonchev–Trinajstić information content (AvgIpc) is 3.59. The standard InChI is InChI=1S/C31H36ClN7O3/c1-31(2,3)18-38-16-23-19(13-24(32)28-22(23)15-34-36-28)12-20(29(38)41)14-27(40)37-10-7-21(8-11-37)39-17-26(35-30(39)42)25-6-4-5-9-33-25/h4-6,9,13,15,17,20-21H,7-8,10-12,14,16,18H2,1-3H3,(H,34,36)(H,35,42)/t20-/m0/s1. The third kappa shape index (κ3) is 5.60. The number of carbonyl (C=O) groups excluding carboxylic acids is 2. The van der Waals surface area contributed by atoms with E-state index in [-0.39, 0.29) is 35.4 Å². The Kier molecular flexibility index (Phi) is 7.43. The number of amides is 2. The van der Waals surface area contributed by atoms with Gasteiger partial charge in [-0.15, -0.1) is 0 Å². The Labute approximate surface area is 249 Å². The summed E-state index contributed by atoms with van der Waals surface area (Å²) < 4.78 is 1.72. The fourth-order valence-corrected chi connectivity index (χ4v) is 6.64. The highest BCUT2D eigenvalue weighted by Gasteiger charge is 2.36. The van der Waals surface area contributed by atoms with Gasteiger partial charge in [0, 0.05) is 56.4 Å². The van der Waals surface area contributed by atoms with E-state index in [0.717, 1.165) is 22.0 Å². The second-order valence-electron chi connectivity index (χ2n) is 12.7. The van der Waals surface area contributed by atoms with E-state index in [1.807, 2.05) is 40.3 Å². The lowest BCUT2D eigenvalue weighted by Gasteiger charge is -2.34. The van der Waals surface area contributed by atoms with Crippen LogP contribution in [0, 0.1) is 11.3 Å². The Morgan fingerprint density at radius 3 is 2.67 bits per heavy atom. The van der Waals surface area contributed by atoms with Crippen LogP contribution in [0.25, 0.3) is 22.3 Å².